The average molecular weight is 291 g/mol. The van der Waals surface area contributed by atoms with Gasteiger partial charge in [-0.2, -0.15) is 0 Å². The molecule has 1 heterocycles. The molecular formula is C15H21N3O3. The number of rotatable bonds is 4. The average Bonchev–Trinajstić information content (AvgIpc) is 2.44. The maximum Gasteiger partial charge on any atom is 0.282 e. The molecule has 0 saturated carbocycles. The van der Waals surface area contributed by atoms with Crippen LogP contribution in [0.5, 0.6) is 0 Å². The van der Waals surface area contributed by atoms with Crippen LogP contribution in [0, 0.1) is 10.1 Å². The molecule has 2 rings (SSSR count). The highest BCUT2D eigenvalue weighted by atomic mass is 16.6. The molecule has 1 N–H and O–H groups in total. The minimum absolute atomic E-state index is 0.0989. The number of nitrogens with zero attached hydrogens (tertiary/aromatic N) is 2. The Morgan fingerprint density at radius 3 is 2.52 bits per heavy atom. The van der Waals surface area contributed by atoms with Crippen LogP contribution in [0.1, 0.15) is 37.6 Å². The summed E-state index contributed by atoms with van der Waals surface area (Å²) in [6.07, 6.45) is 0.266. The Hall–Kier alpha value is -1.95. The van der Waals surface area contributed by atoms with Crippen LogP contribution < -0.4 is 10.2 Å². The predicted molar refractivity (Wildman–Crippen MR) is 82.0 cm³/mol. The Morgan fingerprint density at radius 1 is 1.38 bits per heavy atom. The normalized spacial score (nSPS) is 22.1. The van der Waals surface area contributed by atoms with Gasteiger partial charge in [0.25, 0.3) is 5.69 Å². The summed E-state index contributed by atoms with van der Waals surface area (Å²) in [6.45, 7) is 7.48. The topological polar surface area (TPSA) is 75.5 Å². The number of nitro benzene ring substituents is 1. The van der Waals surface area contributed by atoms with Crippen LogP contribution in [0.2, 0.25) is 0 Å². The zero-order valence-electron chi connectivity index (χ0n) is 12.6. The molecule has 1 fully saturated rings. The van der Waals surface area contributed by atoms with E-state index in [4.69, 9.17) is 0 Å². The molecule has 1 aromatic rings. The molecule has 6 nitrogen and oxygen atoms in total. The largest absolute Gasteiger partial charge is 0.368 e. The van der Waals surface area contributed by atoms with Crippen LogP contribution >= 0.6 is 0 Å². The lowest BCUT2D eigenvalue weighted by molar-refractivity contribution is -0.385. The summed E-state index contributed by atoms with van der Waals surface area (Å²) in [6, 6.07) is 5.56. The van der Waals surface area contributed by atoms with Gasteiger partial charge in [0.1, 0.15) is 0 Å². The highest BCUT2D eigenvalue weighted by Gasteiger charge is 2.25. The second kappa shape index (κ2) is 6.22. The summed E-state index contributed by atoms with van der Waals surface area (Å²) in [5.74, 6) is -0.199. The summed E-state index contributed by atoms with van der Waals surface area (Å²) in [7, 11) is 0. The first-order valence-electron chi connectivity index (χ1n) is 7.25. The number of carbonyl (C=O) groups excluding carboxylic acids is 1. The zero-order chi connectivity index (χ0) is 15.6. The minimum Gasteiger partial charge on any atom is -0.368 e. The highest BCUT2D eigenvalue weighted by Crippen LogP contribution is 2.27. The maximum absolute atomic E-state index is 11.8. The van der Waals surface area contributed by atoms with E-state index in [1.807, 2.05) is 0 Å². The molecule has 0 bridgehead atoms. The van der Waals surface area contributed by atoms with E-state index in [9.17, 15) is 14.9 Å². The Kier molecular flexibility index (Phi) is 4.57. The van der Waals surface area contributed by atoms with E-state index in [-0.39, 0.29) is 23.5 Å². The van der Waals surface area contributed by atoms with Gasteiger partial charge in [0, 0.05) is 43.3 Å². The number of piperazine rings is 1. The molecule has 6 heteroatoms. The van der Waals surface area contributed by atoms with Gasteiger partial charge in [-0.15, -0.1) is 0 Å². The fourth-order valence-corrected chi connectivity index (χ4v) is 2.83. The first kappa shape index (κ1) is 15.4. The van der Waals surface area contributed by atoms with Crippen molar-refractivity contribution in [2.24, 2.45) is 0 Å². The molecule has 114 valence electrons. The third-order valence-electron chi connectivity index (χ3n) is 3.72. The van der Waals surface area contributed by atoms with E-state index in [0.29, 0.717) is 12.1 Å². The summed E-state index contributed by atoms with van der Waals surface area (Å²) < 4.78 is 0. The molecule has 0 radical (unpaired) electrons. The fourth-order valence-electron chi connectivity index (χ4n) is 2.83. The molecule has 0 amide bonds. The Balaban J connectivity index is 2.35. The molecule has 2 unspecified atom stereocenters. The van der Waals surface area contributed by atoms with Crippen LogP contribution in [0.15, 0.2) is 18.2 Å². The number of anilines is 1. The molecule has 1 saturated heterocycles. The van der Waals surface area contributed by atoms with E-state index in [1.54, 1.807) is 19.1 Å². The number of nitrogens with one attached hydrogen (secondary N) is 1. The quantitative estimate of drug-likeness (QED) is 0.523. The van der Waals surface area contributed by atoms with Gasteiger partial charge in [0.2, 0.25) is 0 Å². The number of benzene rings is 1. The van der Waals surface area contributed by atoms with Gasteiger partial charge in [-0.25, -0.2) is 0 Å². The molecule has 0 aromatic heterocycles. The smallest absolute Gasteiger partial charge is 0.282 e. The Morgan fingerprint density at radius 2 is 2.00 bits per heavy atom. The first-order valence-corrected chi connectivity index (χ1v) is 7.25. The number of carbonyl (C=O) groups is 1. The van der Waals surface area contributed by atoms with Gasteiger partial charge in [-0.3, -0.25) is 14.9 Å². The molecule has 0 spiro atoms. The maximum atomic E-state index is 11.8. The van der Waals surface area contributed by atoms with Gasteiger partial charge in [0.05, 0.1) is 10.5 Å². The highest BCUT2D eigenvalue weighted by molar-refractivity contribution is 6.00. The van der Waals surface area contributed by atoms with Crippen molar-refractivity contribution in [1.82, 2.24) is 5.32 Å². The van der Waals surface area contributed by atoms with Gasteiger partial charge < -0.3 is 10.2 Å². The Labute approximate surface area is 124 Å². The van der Waals surface area contributed by atoms with Gasteiger partial charge >= 0.3 is 0 Å². The van der Waals surface area contributed by atoms with Crippen molar-refractivity contribution in [2.45, 2.75) is 39.3 Å². The molecule has 2 atom stereocenters. The van der Waals surface area contributed by atoms with E-state index in [0.717, 1.165) is 18.8 Å². The number of hydrogen-bond donors (Lipinski definition) is 1. The standard InChI is InChI=1S/C15H21N3O3/c1-4-15(19)13-6-5-12(7-14(13)18(20)21)17-8-10(2)16-11(3)9-17/h5-7,10-11,16H,4,8-9H2,1-3H3. The van der Waals surface area contributed by atoms with Crippen LogP contribution in [-0.4, -0.2) is 35.9 Å². The SMILES string of the molecule is CCC(=O)c1ccc(N2CC(C)NC(C)C2)cc1[N+](=O)[O-]. The molecular weight excluding hydrogens is 270 g/mol. The third-order valence-corrected chi connectivity index (χ3v) is 3.72. The second-order valence-electron chi connectivity index (χ2n) is 5.61. The van der Waals surface area contributed by atoms with Crippen molar-refractivity contribution in [3.63, 3.8) is 0 Å². The van der Waals surface area contributed by atoms with Gasteiger partial charge in [-0.1, -0.05) is 6.92 Å². The summed E-state index contributed by atoms with van der Waals surface area (Å²) in [4.78, 5) is 24.7. The van der Waals surface area contributed by atoms with Gasteiger partial charge in [0.15, 0.2) is 5.78 Å². The van der Waals surface area contributed by atoms with Crippen LogP contribution in [0.4, 0.5) is 11.4 Å². The van der Waals surface area contributed by atoms with E-state index in [2.05, 4.69) is 24.1 Å². The van der Waals surface area contributed by atoms with E-state index >= 15 is 0 Å². The fraction of sp³-hybridized carbons (Fsp3) is 0.533. The van der Waals surface area contributed by atoms with Crippen LogP contribution in [0.3, 0.4) is 0 Å². The molecule has 1 aliphatic heterocycles. The van der Waals surface area contributed by atoms with Crippen molar-refractivity contribution in [3.8, 4) is 0 Å². The van der Waals surface area contributed by atoms with E-state index in [1.165, 1.54) is 6.07 Å². The lowest BCUT2D eigenvalue weighted by atomic mass is 10.0. The zero-order valence-corrected chi connectivity index (χ0v) is 12.6. The summed E-state index contributed by atoms with van der Waals surface area (Å²) in [5.41, 5.74) is 0.898. The summed E-state index contributed by atoms with van der Waals surface area (Å²) in [5, 5.41) is 14.7. The van der Waals surface area contributed by atoms with Crippen molar-refractivity contribution in [3.05, 3.63) is 33.9 Å². The van der Waals surface area contributed by atoms with Crippen molar-refractivity contribution < 1.29 is 9.72 Å². The third kappa shape index (κ3) is 3.39. The first-order chi connectivity index (χ1) is 9.92. The molecule has 21 heavy (non-hydrogen) atoms. The monoisotopic (exact) mass is 291 g/mol. The summed E-state index contributed by atoms with van der Waals surface area (Å²) >= 11 is 0. The van der Waals surface area contributed by atoms with Gasteiger partial charge in [-0.05, 0) is 26.0 Å². The van der Waals surface area contributed by atoms with E-state index < -0.39 is 4.92 Å². The number of ketones is 1. The van der Waals surface area contributed by atoms with Crippen LogP contribution in [-0.2, 0) is 0 Å². The molecule has 1 aromatic carbocycles. The number of hydrogen-bond acceptors (Lipinski definition) is 5. The minimum atomic E-state index is -0.471. The lowest BCUT2D eigenvalue weighted by Gasteiger charge is -2.37. The number of nitro groups is 1. The van der Waals surface area contributed by atoms with Crippen LogP contribution in [0.25, 0.3) is 0 Å². The lowest BCUT2D eigenvalue weighted by Crippen LogP contribution is -2.54. The van der Waals surface area contributed by atoms with Crippen molar-refractivity contribution in [1.29, 1.82) is 0 Å². The second-order valence-corrected chi connectivity index (χ2v) is 5.61. The number of Topliss-reactive ketones (excluding diaryl/α,β-unsaturated/α-hetero) is 1. The predicted octanol–water partition coefficient (Wildman–Crippen LogP) is 2.37. The van der Waals surface area contributed by atoms with Crippen molar-refractivity contribution in [2.75, 3.05) is 18.0 Å². The molecule has 0 aliphatic carbocycles. The Bertz CT molecular complexity index is 549. The molecule has 1 aliphatic rings. The van der Waals surface area contributed by atoms with Crippen molar-refractivity contribution >= 4 is 17.2 Å².